The van der Waals surface area contributed by atoms with Crippen LogP contribution < -0.4 is 17.0 Å². The van der Waals surface area contributed by atoms with E-state index in [9.17, 15) is 4.79 Å². The third kappa shape index (κ3) is 2.99. The molecule has 0 radical (unpaired) electrons. The molecule has 0 aliphatic rings. The molecule has 0 atom stereocenters. The number of nitrogen functional groups attached to an aromatic ring is 2. The number of hydrogen-bond donors (Lipinski definition) is 3. The van der Waals surface area contributed by atoms with Crippen molar-refractivity contribution < 1.29 is 9.32 Å². The van der Waals surface area contributed by atoms with Crippen LogP contribution >= 0.6 is 11.8 Å². The van der Waals surface area contributed by atoms with E-state index >= 15 is 0 Å². The summed E-state index contributed by atoms with van der Waals surface area (Å²) in [6.07, 6.45) is 1.67. The molecule has 2 heterocycles. The van der Waals surface area contributed by atoms with Crippen molar-refractivity contribution in [3.8, 4) is 0 Å². The molecular formula is C10H11N5O2S. The Hall–Kier alpha value is -2.06. The minimum atomic E-state index is -0.482. The van der Waals surface area contributed by atoms with E-state index in [1.165, 1.54) is 11.8 Å². The number of nitrogens with one attached hydrogen (secondary N) is 1. The predicted molar refractivity (Wildman–Crippen MR) is 66.4 cm³/mol. The Balaban J connectivity index is 1.96. The first-order valence-electron chi connectivity index (χ1n) is 5.00. The number of pyridine rings is 1. The maximum atomic E-state index is 11.1. The van der Waals surface area contributed by atoms with Gasteiger partial charge in [0.25, 0.3) is 5.91 Å². The van der Waals surface area contributed by atoms with Crippen LogP contribution in [0.3, 0.4) is 0 Å². The van der Waals surface area contributed by atoms with Crippen LogP contribution in [0.15, 0.2) is 33.8 Å². The highest BCUT2D eigenvalue weighted by molar-refractivity contribution is 7.98. The van der Waals surface area contributed by atoms with Crippen LogP contribution in [0.25, 0.3) is 0 Å². The predicted octanol–water partition coefficient (Wildman–Crippen LogP) is 0.548. The van der Waals surface area contributed by atoms with Gasteiger partial charge in [-0.05, 0) is 12.1 Å². The van der Waals surface area contributed by atoms with E-state index in [4.69, 9.17) is 16.1 Å². The number of amides is 1. The Morgan fingerprint density at radius 1 is 1.50 bits per heavy atom. The summed E-state index contributed by atoms with van der Waals surface area (Å²) in [6.45, 7) is 0. The van der Waals surface area contributed by atoms with Crippen molar-refractivity contribution in [1.82, 2.24) is 15.6 Å². The summed E-state index contributed by atoms with van der Waals surface area (Å²) in [6, 6.07) is 5.12. The van der Waals surface area contributed by atoms with E-state index < -0.39 is 5.91 Å². The summed E-state index contributed by atoms with van der Waals surface area (Å²) in [5.41, 5.74) is 7.62. The molecule has 2 aromatic rings. The van der Waals surface area contributed by atoms with Gasteiger partial charge in [-0.25, -0.2) is 10.8 Å². The van der Waals surface area contributed by atoms with Gasteiger partial charge in [0.1, 0.15) is 11.6 Å². The number of aromatic nitrogens is 2. The summed E-state index contributed by atoms with van der Waals surface area (Å²) < 4.78 is 5.00. The molecule has 0 saturated heterocycles. The fourth-order valence-corrected chi connectivity index (χ4v) is 1.93. The van der Waals surface area contributed by atoms with Crippen molar-refractivity contribution in [3.63, 3.8) is 0 Å². The SMILES string of the molecule is NNC(=O)c1cc(CSc2ccc(N)nc2)on1. The fraction of sp³-hybridized carbons (Fsp3) is 0.100. The summed E-state index contributed by atoms with van der Waals surface area (Å²) in [5.74, 6) is 6.09. The van der Waals surface area contributed by atoms with Gasteiger partial charge in [-0.15, -0.1) is 11.8 Å². The van der Waals surface area contributed by atoms with Crippen LogP contribution in [0.1, 0.15) is 16.2 Å². The summed E-state index contributed by atoms with van der Waals surface area (Å²) in [4.78, 5) is 16.1. The molecule has 18 heavy (non-hydrogen) atoms. The number of carbonyl (C=O) groups is 1. The number of hydrazine groups is 1. The van der Waals surface area contributed by atoms with Crippen LogP contribution in [0.5, 0.6) is 0 Å². The second-order valence-corrected chi connectivity index (χ2v) is 4.41. The quantitative estimate of drug-likeness (QED) is 0.319. The zero-order valence-electron chi connectivity index (χ0n) is 9.29. The average Bonchev–Trinajstić information content (AvgIpc) is 2.86. The van der Waals surface area contributed by atoms with E-state index in [0.717, 1.165) is 4.90 Å². The molecule has 7 nitrogen and oxygen atoms in total. The monoisotopic (exact) mass is 265 g/mol. The number of nitrogens with zero attached hydrogens (tertiary/aromatic N) is 2. The lowest BCUT2D eigenvalue weighted by atomic mass is 10.4. The molecule has 1 amide bonds. The van der Waals surface area contributed by atoms with E-state index in [2.05, 4.69) is 10.1 Å². The van der Waals surface area contributed by atoms with Crippen molar-refractivity contribution in [2.75, 3.05) is 5.73 Å². The van der Waals surface area contributed by atoms with Gasteiger partial charge < -0.3 is 10.3 Å². The lowest BCUT2D eigenvalue weighted by molar-refractivity contribution is 0.0944. The first-order valence-corrected chi connectivity index (χ1v) is 5.98. The van der Waals surface area contributed by atoms with Crippen molar-refractivity contribution in [2.24, 2.45) is 5.84 Å². The van der Waals surface area contributed by atoms with Crippen LogP contribution in [0.2, 0.25) is 0 Å². The Kier molecular flexibility index (Phi) is 3.80. The highest BCUT2D eigenvalue weighted by Gasteiger charge is 2.11. The van der Waals surface area contributed by atoms with Crippen molar-refractivity contribution in [2.45, 2.75) is 10.6 Å². The average molecular weight is 265 g/mol. The molecule has 8 heteroatoms. The van der Waals surface area contributed by atoms with Crippen molar-refractivity contribution in [1.29, 1.82) is 0 Å². The van der Waals surface area contributed by atoms with Gasteiger partial charge >= 0.3 is 0 Å². The number of rotatable bonds is 4. The highest BCUT2D eigenvalue weighted by atomic mass is 32.2. The molecule has 2 aromatic heterocycles. The number of hydrogen-bond acceptors (Lipinski definition) is 7. The lowest BCUT2D eigenvalue weighted by Crippen LogP contribution is -2.30. The smallest absolute Gasteiger partial charge is 0.287 e. The largest absolute Gasteiger partial charge is 0.384 e. The Morgan fingerprint density at radius 2 is 2.33 bits per heavy atom. The Morgan fingerprint density at radius 3 is 3.00 bits per heavy atom. The first kappa shape index (κ1) is 12.4. The summed E-state index contributed by atoms with van der Waals surface area (Å²) >= 11 is 1.50. The van der Waals surface area contributed by atoms with Gasteiger partial charge in [-0.1, -0.05) is 5.16 Å². The fourth-order valence-electron chi connectivity index (χ4n) is 1.19. The molecular weight excluding hydrogens is 254 g/mol. The zero-order chi connectivity index (χ0) is 13.0. The van der Waals surface area contributed by atoms with E-state index in [1.54, 1.807) is 18.3 Å². The van der Waals surface area contributed by atoms with Crippen LogP contribution in [0, 0.1) is 0 Å². The molecule has 94 valence electrons. The standard InChI is InChI=1S/C10H11N5O2S/c11-9-2-1-7(4-13-9)18-5-6-3-8(15-17-6)10(16)14-12/h1-4H,5,12H2,(H2,11,13)(H,14,16). The molecule has 0 unspecified atom stereocenters. The molecule has 2 rings (SSSR count). The molecule has 0 aliphatic heterocycles. The highest BCUT2D eigenvalue weighted by Crippen LogP contribution is 2.22. The number of thioether (sulfide) groups is 1. The second kappa shape index (κ2) is 5.52. The van der Waals surface area contributed by atoms with Crippen molar-refractivity contribution in [3.05, 3.63) is 35.9 Å². The van der Waals surface area contributed by atoms with Gasteiger partial charge in [0.15, 0.2) is 5.69 Å². The molecule has 0 fully saturated rings. The lowest BCUT2D eigenvalue weighted by Gasteiger charge is -1.98. The third-order valence-corrected chi connectivity index (χ3v) is 3.07. The maximum Gasteiger partial charge on any atom is 0.287 e. The topological polar surface area (TPSA) is 120 Å². The van der Waals surface area contributed by atoms with Crippen LogP contribution in [-0.2, 0) is 5.75 Å². The maximum absolute atomic E-state index is 11.1. The molecule has 5 N–H and O–H groups in total. The van der Waals surface area contributed by atoms with Crippen molar-refractivity contribution >= 4 is 23.5 Å². The minimum absolute atomic E-state index is 0.156. The van der Waals surface area contributed by atoms with Gasteiger partial charge in [0.2, 0.25) is 0 Å². The van der Waals surface area contributed by atoms with Gasteiger partial charge in [0.05, 0.1) is 5.75 Å². The molecule has 0 saturated carbocycles. The minimum Gasteiger partial charge on any atom is -0.384 e. The zero-order valence-corrected chi connectivity index (χ0v) is 10.1. The normalized spacial score (nSPS) is 10.3. The number of anilines is 1. The molecule has 0 aliphatic carbocycles. The third-order valence-electron chi connectivity index (χ3n) is 2.06. The summed E-state index contributed by atoms with van der Waals surface area (Å²) in [7, 11) is 0. The van der Waals surface area contributed by atoms with E-state index in [1.807, 2.05) is 11.5 Å². The van der Waals surface area contributed by atoms with Crippen LogP contribution in [-0.4, -0.2) is 16.0 Å². The first-order chi connectivity index (χ1) is 8.69. The van der Waals surface area contributed by atoms with Gasteiger partial charge in [0, 0.05) is 17.2 Å². The second-order valence-electron chi connectivity index (χ2n) is 3.36. The summed E-state index contributed by atoms with van der Waals surface area (Å²) in [5, 5.41) is 3.60. The van der Waals surface area contributed by atoms with E-state index in [-0.39, 0.29) is 5.69 Å². The Labute approximate surface area is 107 Å². The molecule has 0 spiro atoms. The van der Waals surface area contributed by atoms with Gasteiger partial charge in [-0.2, -0.15) is 0 Å². The number of nitrogens with two attached hydrogens (primary N) is 2. The van der Waals surface area contributed by atoms with Crippen LogP contribution in [0.4, 0.5) is 5.82 Å². The van der Waals surface area contributed by atoms with Gasteiger partial charge in [-0.3, -0.25) is 10.2 Å². The molecule has 0 bridgehead atoms. The Bertz CT molecular complexity index is 539. The number of carbonyl (C=O) groups excluding carboxylic acids is 1. The van der Waals surface area contributed by atoms with E-state index in [0.29, 0.717) is 17.3 Å². The molecule has 0 aromatic carbocycles.